The zero-order chi connectivity index (χ0) is 10.0. The summed E-state index contributed by atoms with van der Waals surface area (Å²) in [6.45, 7) is 1.44. The Morgan fingerprint density at radius 1 is 1.08 bits per heavy atom. The standard InChI is InChI=1S/C9H8Cl2F2/c1-5(9(12)13)6-2-7(10)4-8(11)3-6/h2-5,9H,1H3/t5-/m1/s1. The van der Waals surface area contributed by atoms with Gasteiger partial charge >= 0.3 is 0 Å². The second kappa shape index (κ2) is 4.25. The fourth-order valence-electron chi connectivity index (χ4n) is 0.984. The van der Waals surface area contributed by atoms with Crippen molar-refractivity contribution in [1.29, 1.82) is 0 Å². The normalized spacial score (nSPS) is 13.4. The third kappa shape index (κ3) is 2.82. The van der Waals surface area contributed by atoms with Gasteiger partial charge in [0.2, 0.25) is 6.43 Å². The number of rotatable bonds is 2. The monoisotopic (exact) mass is 224 g/mol. The van der Waals surface area contributed by atoms with E-state index >= 15 is 0 Å². The molecule has 0 heterocycles. The van der Waals surface area contributed by atoms with Gasteiger partial charge in [0.25, 0.3) is 0 Å². The Morgan fingerprint density at radius 2 is 1.54 bits per heavy atom. The van der Waals surface area contributed by atoms with Crippen LogP contribution in [-0.2, 0) is 0 Å². The van der Waals surface area contributed by atoms with Crippen molar-refractivity contribution < 1.29 is 8.78 Å². The Kier molecular flexibility index (Phi) is 3.51. The van der Waals surface area contributed by atoms with Crippen molar-refractivity contribution in [2.24, 2.45) is 0 Å². The van der Waals surface area contributed by atoms with Crippen molar-refractivity contribution >= 4 is 23.2 Å². The molecular weight excluding hydrogens is 217 g/mol. The van der Waals surface area contributed by atoms with Crippen LogP contribution >= 0.6 is 23.2 Å². The van der Waals surface area contributed by atoms with Crippen molar-refractivity contribution in [3.63, 3.8) is 0 Å². The highest BCUT2D eigenvalue weighted by molar-refractivity contribution is 6.34. The second-order valence-electron chi connectivity index (χ2n) is 2.83. The van der Waals surface area contributed by atoms with E-state index in [1.165, 1.54) is 25.1 Å². The summed E-state index contributed by atoms with van der Waals surface area (Å²) < 4.78 is 24.6. The molecule has 0 aliphatic heterocycles. The van der Waals surface area contributed by atoms with Gasteiger partial charge in [0.1, 0.15) is 0 Å². The van der Waals surface area contributed by atoms with Crippen molar-refractivity contribution in [1.82, 2.24) is 0 Å². The van der Waals surface area contributed by atoms with Gasteiger partial charge in [-0.2, -0.15) is 0 Å². The first kappa shape index (κ1) is 10.7. The average molecular weight is 225 g/mol. The molecule has 1 aromatic rings. The lowest BCUT2D eigenvalue weighted by Gasteiger charge is -2.10. The minimum Gasteiger partial charge on any atom is -0.210 e. The van der Waals surface area contributed by atoms with Gasteiger partial charge in [-0.3, -0.25) is 0 Å². The summed E-state index contributed by atoms with van der Waals surface area (Å²) in [5.74, 6) is -0.837. The predicted octanol–water partition coefficient (Wildman–Crippen LogP) is 4.36. The number of halogens is 4. The van der Waals surface area contributed by atoms with Crippen LogP contribution in [-0.4, -0.2) is 6.43 Å². The smallest absolute Gasteiger partial charge is 0.210 e. The highest BCUT2D eigenvalue weighted by Crippen LogP contribution is 2.28. The lowest BCUT2D eigenvalue weighted by atomic mass is 10.0. The molecule has 0 aliphatic rings. The van der Waals surface area contributed by atoms with Gasteiger partial charge in [-0.25, -0.2) is 8.78 Å². The Morgan fingerprint density at radius 3 is 1.92 bits per heavy atom. The van der Waals surface area contributed by atoms with E-state index in [1.54, 1.807) is 0 Å². The topological polar surface area (TPSA) is 0 Å². The molecule has 0 nitrogen and oxygen atoms in total. The third-order valence-electron chi connectivity index (χ3n) is 1.79. The minimum atomic E-state index is -2.39. The fraction of sp³-hybridized carbons (Fsp3) is 0.333. The molecule has 0 saturated carbocycles. The van der Waals surface area contributed by atoms with Crippen LogP contribution in [0.5, 0.6) is 0 Å². The predicted molar refractivity (Wildman–Crippen MR) is 50.9 cm³/mol. The molecular formula is C9H8Cl2F2. The summed E-state index contributed by atoms with van der Waals surface area (Å²) in [6, 6.07) is 4.53. The third-order valence-corrected chi connectivity index (χ3v) is 2.23. The number of benzene rings is 1. The van der Waals surface area contributed by atoms with E-state index in [2.05, 4.69) is 0 Å². The molecule has 0 N–H and O–H groups in total. The number of hydrogen-bond acceptors (Lipinski definition) is 0. The first-order valence-corrected chi connectivity index (χ1v) is 4.50. The van der Waals surface area contributed by atoms with Crippen LogP contribution in [0.4, 0.5) is 8.78 Å². The van der Waals surface area contributed by atoms with Gasteiger partial charge in [-0.1, -0.05) is 30.1 Å². The van der Waals surface area contributed by atoms with E-state index in [0.29, 0.717) is 15.6 Å². The second-order valence-corrected chi connectivity index (χ2v) is 3.70. The van der Waals surface area contributed by atoms with Gasteiger partial charge in [0.15, 0.2) is 0 Å². The van der Waals surface area contributed by atoms with Crippen LogP contribution in [0.1, 0.15) is 18.4 Å². The zero-order valence-electron chi connectivity index (χ0n) is 6.90. The maximum Gasteiger partial charge on any atom is 0.245 e. The molecule has 0 aliphatic carbocycles. The van der Waals surface area contributed by atoms with Crippen molar-refractivity contribution in [2.45, 2.75) is 19.3 Å². The maximum atomic E-state index is 12.3. The van der Waals surface area contributed by atoms with E-state index in [1.807, 2.05) is 0 Å². The van der Waals surface area contributed by atoms with Gasteiger partial charge in [-0.05, 0) is 23.8 Å². The summed E-state index contributed by atoms with van der Waals surface area (Å²) in [5, 5.41) is 0.769. The van der Waals surface area contributed by atoms with E-state index in [4.69, 9.17) is 23.2 Å². The van der Waals surface area contributed by atoms with Crippen LogP contribution in [0.2, 0.25) is 10.0 Å². The summed E-state index contributed by atoms with van der Waals surface area (Å²) in [7, 11) is 0. The molecule has 0 bridgehead atoms. The molecule has 0 saturated heterocycles. The fourth-order valence-corrected chi connectivity index (χ4v) is 1.53. The first-order valence-electron chi connectivity index (χ1n) is 3.75. The lowest BCUT2D eigenvalue weighted by molar-refractivity contribution is 0.121. The molecule has 0 fully saturated rings. The lowest BCUT2D eigenvalue weighted by Crippen LogP contribution is -2.04. The summed E-state index contributed by atoms with van der Waals surface area (Å²) >= 11 is 11.3. The van der Waals surface area contributed by atoms with Crippen LogP contribution in [0.25, 0.3) is 0 Å². The quantitative estimate of drug-likeness (QED) is 0.701. The van der Waals surface area contributed by atoms with Crippen molar-refractivity contribution in [3.8, 4) is 0 Å². The SMILES string of the molecule is C[C@H](c1cc(Cl)cc(Cl)c1)C(F)F. The molecule has 1 rings (SSSR count). The summed E-state index contributed by atoms with van der Waals surface area (Å²) in [5.41, 5.74) is 0.465. The maximum absolute atomic E-state index is 12.3. The molecule has 0 unspecified atom stereocenters. The Labute approximate surface area is 85.5 Å². The highest BCUT2D eigenvalue weighted by Gasteiger charge is 2.17. The molecule has 4 heteroatoms. The molecule has 72 valence electrons. The van der Waals surface area contributed by atoms with Crippen LogP contribution < -0.4 is 0 Å². The Bertz CT molecular complexity index is 279. The van der Waals surface area contributed by atoms with Gasteiger partial charge in [0.05, 0.1) is 0 Å². The first-order chi connectivity index (χ1) is 6.00. The van der Waals surface area contributed by atoms with E-state index in [9.17, 15) is 8.78 Å². The number of alkyl halides is 2. The average Bonchev–Trinajstić information content (AvgIpc) is 2.01. The van der Waals surface area contributed by atoms with Crippen LogP contribution in [0.3, 0.4) is 0 Å². The molecule has 0 aromatic heterocycles. The van der Waals surface area contributed by atoms with Crippen molar-refractivity contribution in [3.05, 3.63) is 33.8 Å². The summed E-state index contributed by atoms with van der Waals surface area (Å²) in [4.78, 5) is 0. The van der Waals surface area contributed by atoms with Gasteiger partial charge < -0.3 is 0 Å². The highest BCUT2D eigenvalue weighted by atomic mass is 35.5. The van der Waals surface area contributed by atoms with Gasteiger partial charge in [-0.15, -0.1) is 0 Å². The van der Waals surface area contributed by atoms with E-state index < -0.39 is 12.3 Å². The molecule has 0 radical (unpaired) electrons. The van der Waals surface area contributed by atoms with Crippen molar-refractivity contribution in [2.75, 3.05) is 0 Å². The van der Waals surface area contributed by atoms with Crippen LogP contribution in [0.15, 0.2) is 18.2 Å². The van der Waals surface area contributed by atoms with E-state index in [-0.39, 0.29) is 0 Å². The van der Waals surface area contributed by atoms with Crippen LogP contribution in [0, 0.1) is 0 Å². The Hall–Kier alpha value is -0.340. The minimum absolute atomic E-state index is 0.384. The molecule has 13 heavy (non-hydrogen) atoms. The Balaban J connectivity index is 3.01. The molecule has 1 aromatic carbocycles. The van der Waals surface area contributed by atoms with Gasteiger partial charge in [0, 0.05) is 16.0 Å². The van der Waals surface area contributed by atoms with E-state index in [0.717, 1.165) is 0 Å². The molecule has 1 atom stereocenters. The number of hydrogen-bond donors (Lipinski definition) is 0. The summed E-state index contributed by atoms with van der Waals surface area (Å²) in [6.07, 6.45) is -2.39. The molecule has 0 spiro atoms. The zero-order valence-corrected chi connectivity index (χ0v) is 8.41. The largest absolute Gasteiger partial charge is 0.245 e. The molecule has 0 amide bonds.